The van der Waals surface area contributed by atoms with E-state index < -0.39 is 0 Å². The molecule has 162 valence electrons. The van der Waals surface area contributed by atoms with E-state index in [1.807, 2.05) is 42.7 Å². The molecule has 0 atom stereocenters. The van der Waals surface area contributed by atoms with Crippen LogP contribution in [0, 0.1) is 0 Å². The average Bonchev–Trinajstić information content (AvgIpc) is 3.47. The molecule has 0 saturated heterocycles. The summed E-state index contributed by atoms with van der Waals surface area (Å²) >= 11 is 0. The van der Waals surface area contributed by atoms with Gasteiger partial charge >= 0.3 is 0 Å². The minimum absolute atomic E-state index is 0.0314. The summed E-state index contributed by atoms with van der Waals surface area (Å²) in [5, 5.41) is 14.3. The molecule has 1 saturated carbocycles. The van der Waals surface area contributed by atoms with E-state index in [2.05, 4.69) is 46.2 Å². The van der Waals surface area contributed by atoms with Gasteiger partial charge in [-0.1, -0.05) is 42.4 Å². The zero-order valence-corrected chi connectivity index (χ0v) is 18.2. The summed E-state index contributed by atoms with van der Waals surface area (Å²) in [6.45, 7) is 4.98. The van der Waals surface area contributed by atoms with E-state index >= 15 is 0 Å². The van der Waals surface area contributed by atoms with Crippen molar-refractivity contribution in [2.24, 2.45) is 0 Å². The van der Waals surface area contributed by atoms with Gasteiger partial charge in [-0.15, -0.1) is 0 Å². The Kier molecular flexibility index (Phi) is 5.50. The van der Waals surface area contributed by atoms with Gasteiger partial charge in [-0.25, -0.2) is 0 Å². The SMILES string of the molecule is CCN(Cc1ccncc1)CC1(c2onc(-c3ccc(O)cc3)c2-c2ccccc2)CC1. The van der Waals surface area contributed by atoms with Crippen molar-refractivity contribution in [2.45, 2.75) is 31.7 Å². The smallest absolute Gasteiger partial charge is 0.152 e. The molecule has 0 unspecified atom stereocenters. The van der Waals surface area contributed by atoms with E-state index in [-0.39, 0.29) is 11.2 Å². The van der Waals surface area contributed by atoms with Crippen LogP contribution in [0.1, 0.15) is 31.1 Å². The van der Waals surface area contributed by atoms with E-state index in [0.717, 1.165) is 60.6 Å². The van der Waals surface area contributed by atoms with Crippen molar-refractivity contribution in [2.75, 3.05) is 13.1 Å². The molecule has 1 N–H and O–H groups in total. The van der Waals surface area contributed by atoms with Gasteiger partial charge in [0, 0.05) is 36.5 Å². The number of hydrogen-bond donors (Lipinski definition) is 1. The number of pyridine rings is 1. The van der Waals surface area contributed by atoms with Crippen molar-refractivity contribution in [3.63, 3.8) is 0 Å². The van der Waals surface area contributed by atoms with E-state index in [9.17, 15) is 5.11 Å². The third-order valence-electron chi connectivity index (χ3n) is 6.36. The second-order valence-corrected chi connectivity index (χ2v) is 8.59. The number of phenolic OH excluding ortho intramolecular Hbond substituents is 1. The zero-order valence-electron chi connectivity index (χ0n) is 18.2. The highest BCUT2D eigenvalue weighted by Gasteiger charge is 2.50. The second-order valence-electron chi connectivity index (χ2n) is 8.59. The molecule has 2 heterocycles. The van der Waals surface area contributed by atoms with Crippen LogP contribution in [-0.4, -0.2) is 33.2 Å². The maximum Gasteiger partial charge on any atom is 0.152 e. The molecule has 0 spiro atoms. The van der Waals surface area contributed by atoms with Gasteiger partial charge in [-0.3, -0.25) is 9.88 Å². The van der Waals surface area contributed by atoms with Crippen LogP contribution in [0.25, 0.3) is 22.4 Å². The summed E-state index contributed by atoms with van der Waals surface area (Å²) in [4.78, 5) is 6.61. The number of hydrogen-bond acceptors (Lipinski definition) is 5. The lowest BCUT2D eigenvalue weighted by atomic mass is 9.91. The maximum atomic E-state index is 9.73. The third kappa shape index (κ3) is 4.04. The molecule has 1 aliphatic rings. The molecule has 2 aromatic heterocycles. The van der Waals surface area contributed by atoms with E-state index in [4.69, 9.17) is 4.52 Å². The van der Waals surface area contributed by atoms with Crippen LogP contribution in [0.15, 0.2) is 83.6 Å². The minimum Gasteiger partial charge on any atom is -0.508 e. The van der Waals surface area contributed by atoms with Crippen molar-refractivity contribution < 1.29 is 9.63 Å². The number of nitrogens with zero attached hydrogens (tertiary/aromatic N) is 3. The lowest BCUT2D eigenvalue weighted by Crippen LogP contribution is -2.32. The number of benzene rings is 2. The monoisotopic (exact) mass is 425 g/mol. The maximum absolute atomic E-state index is 9.73. The topological polar surface area (TPSA) is 62.4 Å². The molecule has 2 aromatic carbocycles. The number of likely N-dealkylation sites (N-methyl/N-ethyl adjacent to an activating group) is 1. The Hall–Kier alpha value is -3.44. The van der Waals surface area contributed by atoms with Crippen molar-refractivity contribution in [1.82, 2.24) is 15.0 Å². The van der Waals surface area contributed by atoms with Gasteiger partial charge in [0.1, 0.15) is 11.4 Å². The zero-order chi connectivity index (χ0) is 22.0. The molecule has 4 aromatic rings. The summed E-state index contributed by atoms with van der Waals surface area (Å²) in [5.41, 5.74) is 5.18. The van der Waals surface area contributed by atoms with E-state index in [0.29, 0.717) is 0 Å². The number of aromatic hydroxyl groups is 1. The van der Waals surface area contributed by atoms with Gasteiger partial charge in [0.05, 0.1) is 5.56 Å². The molecular formula is C27H27N3O2. The van der Waals surface area contributed by atoms with Crippen molar-refractivity contribution >= 4 is 0 Å². The Balaban J connectivity index is 1.52. The van der Waals surface area contributed by atoms with Crippen molar-refractivity contribution in [3.8, 4) is 28.1 Å². The van der Waals surface area contributed by atoms with Crippen LogP contribution in [0.2, 0.25) is 0 Å². The largest absolute Gasteiger partial charge is 0.508 e. The molecule has 5 nitrogen and oxygen atoms in total. The lowest BCUT2D eigenvalue weighted by molar-refractivity contribution is 0.231. The number of phenols is 1. The quantitative estimate of drug-likeness (QED) is 0.394. The molecular weight excluding hydrogens is 398 g/mol. The molecule has 0 radical (unpaired) electrons. The van der Waals surface area contributed by atoms with E-state index in [1.165, 1.54) is 5.56 Å². The molecule has 0 bridgehead atoms. The van der Waals surface area contributed by atoms with Crippen molar-refractivity contribution in [3.05, 3.63) is 90.4 Å². The van der Waals surface area contributed by atoms with Gasteiger partial charge < -0.3 is 9.63 Å². The second kappa shape index (κ2) is 8.60. The molecule has 0 amide bonds. The third-order valence-corrected chi connectivity index (χ3v) is 6.36. The summed E-state index contributed by atoms with van der Waals surface area (Å²) in [6.07, 6.45) is 5.88. The predicted octanol–water partition coefficient (Wildman–Crippen LogP) is 5.66. The number of rotatable bonds is 8. The van der Waals surface area contributed by atoms with Gasteiger partial charge in [0.2, 0.25) is 0 Å². The standard InChI is InChI=1S/C27H27N3O2/c1-2-30(18-20-12-16-28-17-13-20)19-27(14-15-27)26-24(21-6-4-3-5-7-21)25(29-32-26)22-8-10-23(31)11-9-22/h3-13,16-17,31H,2,14-15,18-19H2,1H3. The van der Waals surface area contributed by atoms with E-state index in [1.54, 1.807) is 12.1 Å². The Morgan fingerprint density at radius 2 is 1.66 bits per heavy atom. The van der Waals surface area contributed by atoms with Gasteiger partial charge in [-0.05, 0) is 66.9 Å². The summed E-state index contributed by atoms with van der Waals surface area (Å²) in [5.74, 6) is 1.21. The molecule has 1 fully saturated rings. The summed E-state index contributed by atoms with van der Waals surface area (Å²) in [6, 6.07) is 21.7. The highest BCUT2D eigenvalue weighted by molar-refractivity contribution is 5.83. The number of aromatic nitrogens is 2. The first-order valence-electron chi connectivity index (χ1n) is 11.1. The molecule has 5 heteroatoms. The van der Waals surface area contributed by atoms with Crippen LogP contribution in [0.3, 0.4) is 0 Å². The van der Waals surface area contributed by atoms with Crippen LogP contribution in [-0.2, 0) is 12.0 Å². The first-order valence-corrected chi connectivity index (χ1v) is 11.1. The summed E-state index contributed by atoms with van der Waals surface area (Å²) < 4.78 is 6.11. The van der Waals surface area contributed by atoms with Crippen LogP contribution < -0.4 is 0 Å². The predicted molar refractivity (Wildman–Crippen MR) is 125 cm³/mol. The molecule has 1 aliphatic carbocycles. The van der Waals surface area contributed by atoms with Crippen molar-refractivity contribution in [1.29, 1.82) is 0 Å². The van der Waals surface area contributed by atoms with Gasteiger partial charge in [0.15, 0.2) is 5.76 Å². The minimum atomic E-state index is -0.0314. The van der Waals surface area contributed by atoms with Gasteiger partial charge in [0.25, 0.3) is 0 Å². The summed E-state index contributed by atoms with van der Waals surface area (Å²) in [7, 11) is 0. The Labute approximate surface area is 188 Å². The molecule has 0 aliphatic heterocycles. The highest BCUT2D eigenvalue weighted by atomic mass is 16.5. The molecule has 5 rings (SSSR count). The van der Waals surface area contributed by atoms with Crippen LogP contribution in [0.5, 0.6) is 5.75 Å². The van der Waals surface area contributed by atoms with Crippen LogP contribution >= 0.6 is 0 Å². The lowest BCUT2D eigenvalue weighted by Gasteiger charge is -2.25. The fourth-order valence-corrected chi connectivity index (χ4v) is 4.40. The van der Waals surface area contributed by atoms with Crippen LogP contribution in [0.4, 0.5) is 0 Å². The van der Waals surface area contributed by atoms with Gasteiger partial charge in [-0.2, -0.15) is 0 Å². The normalized spacial score (nSPS) is 14.6. The molecule has 32 heavy (non-hydrogen) atoms. The highest BCUT2D eigenvalue weighted by Crippen LogP contribution is 2.53. The fourth-order valence-electron chi connectivity index (χ4n) is 4.40. The fraction of sp³-hybridized carbons (Fsp3) is 0.259. The Bertz CT molecular complexity index is 1170. The average molecular weight is 426 g/mol. The Morgan fingerprint density at radius 1 is 0.938 bits per heavy atom. The first-order chi connectivity index (χ1) is 15.7. The first kappa shape index (κ1) is 20.5. The Morgan fingerprint density at radius 3 is 2.31 bits per heavy atom.